The summed E-state index contributed by atoms with van der Waals surface area (Å²) in [5.41, 5.74) is -0.0432. The quantitative estimate of drug-likeness (QED) is 0.899. The molecule has 5 heteroatoms. The van der Waals surface area contributed by atoms with Gasteiger partial charge in [0.05, 0.1) is 10.6 Å². The number of aliphatic carboxylic acids is 1. The lowest BCUT2D eigenvalue weighted by molar-refractivity contribution is -0.146. The van der Waals surface area contributed by atoms with Gasteiger partial charge in [0, 0.05) is 0 Å². The molecule has 0 unspecified atom stereocenters. The molecule has 21 heavy (non-hydrogen) atoms. The summed E-state index contributed by atoms with van der Waals surface area (Å²) in [4.78, 5) is 24.1. The molecule has 2 rings (SSSR count). The van der Waals surface area contributed by atoms with Crippen molar-refractivity contribution < 1.29 is 14.7 Å². The third-order valence-corrected chi connectivity index (χ3v) is 4.83. The van der Waals surface area contributed by atoms with Crippen LogP contribution in [0.5, 0.6) is 0 Å². The van der Waals surface area contributed by atoms with Gasteiger partial charge >= 0.3 is 5.97 Å². The van der Waals surface area contributed by atoms with Crippen LogP contribution >= 0.6 is 11.6 Å². The fraction of sp³-hybridized carbons (Fsp3) is 0.500. The van der Waals surface area contributed by atoms with Gasteiger partial charge in [-0.25, -0.2) is 4.79 Å². The average Bonchev–Trinajstić information content (AvgIpc) is 2.44. The van der Waals surface area contributed by atoms with E-state index in [-0.39, 0.29) is 0 Å². The summed E-state index contributed by atoms with van der Waals surface area (Å²) in [6, 6.07) is 5.17. The third-order valence-electron chi connectivity index (χ3n) is 4.33. The van der Waals surface area contributed by atoms with Crippen LogP contribution < -0.4 is 5.32 Å². The highest BCUT2D eigenvalue weighted by molar-refractivity contribution is 6.34. The van der Waals surface area contributed by atoms with Gasteiger partial charge in [0.15, 0.2) is 0 Å². The first-order valence-corrected chi connectivity index (χ1v) is 7.54. The van der Waals surface area contributed by atoms with Gasteiger partial charge in [0.25, 0.3) is 5.91 Å². The van der Waals surface area contributed by atoms with E-state index in [0.717, 1.165) is 18.4 Å². The second kappa shape index (κ2) is 6.06. The Hall–Kier alpha value is -1.55. The first-order chi connectivity index (χ1) is 9.85. The molecule has 1 fully saturated rings. The molecular formula is C16H20ClNO3. The standard InChI is InChI=1S/C16H20ClNO3/c1-10-6-8-16(9-7-10,15(20)21)18-14(19)12-5-3-4-11(2)13(12)17/h3-5,10H,6-9H2,1-2H3,(H,18,19)(H,20,21). The number of carbonyl (C=O) groups is 2. The molecule has 0 aliphatic heterocycles. The predicted octanol–water partition coefficient (Wildman–Crippen LogP) is 3.41. The zero-order valence-electron chi connectivity index (χ0n) is 12.3. The van der Waals surface area contributed by atoms with E-state index in [4.69, 9.17) is 11.6 Å². The minimum atomic E-state index is -1.17. The van der Waals surface area contributed by atoms with Gasteiger partial charge in [0.1, 0.15) is 5.54 Å². The lowest BCUT2D eigenvalue weighted by atomic mass is 9.77. The van der Waals surface area contributed by atoms with E-state index in [1.807, 2.05) is 13.0 Å². The van der Waals surface area contributed by atoms with Crippen molar-refractivity contribution in [1.82, 2.24) is 5.32 Å². The lowest BCUT2D eigenvalue weighted by Crippen LogP contribution is -2.56. The molecule has 0 heterocycles. The topological polar surface area (TPSA) is 66.4 Å². The number of aryl methyl sites for hydroxylation is 1. The molecule has 1 amide bonds. The van der Waals surface area contributed by atoms with E-state index in [1.54, 1.807) is 12.1 Å². The number of benzene rings is 1. The van der Waals surface area contributed by atoms with Crippen molar-refractivity contribution in [3.63, 3.8) is 0 Å². The molecule has 1 aliphatic rings. The Labute approximate surface area is 129 Å². The number of halogens is 1. The van der Waals surface area contributed by atoms with Crippen molar-refractivity contribution in [2.24, 2.45) is 5.92 Å². The van der Waals surface area contributed by atoms with E-state index in [0.29, 0.717) is 29.3 Å². The minimum Gasteiger partial charge on any atom is -0.480 e. The third kappa shape index (κ3) is 3.21. The normalized spacial score (nSPS) is 25.4. The molecule has 0 saturated heterocycles. The number of carboxylic acids is 1. The van der Waals surface area contributed by atoms with Crippen LogP contribution in [0.3, 0.4) is 0 Å². The molecule has 0 spiro atoms. The van der Waals surface area contributed by atoms with Gasteiger partial charge < -0.3 is 10.4 Å². The average molecular weight is 310 g/mol. The molecule has 0 atom stereocenters. The Morgan fingerprint density at radius 1 is 1.33 bits per heavy atom. The summed E-state index contributed by atoms with van der Waals surface area (Å²) < 4.78 is 0. The number of carbonyl (C=O) groups excluding carboxylic acids is 1. The maximum Gasteiger partial charge on any atom is 0.329 e. The second-order valence-corrected chi connectivity index (χ2v) is 6.34. The number of hydrogen-bond donors (Lipinski definition) is 2. The number of carboxylic acid groups (broad SMARTS) is 1. The van der Waals surface area contributed by atoms with Crippen LogP contribution in [0, 0.1) is 12.8 Å². The molecule has 0 bridgehead atoms. The molecule has 1 aromatic rings. The Morgan fingerprint density at radius 3 is 2.52 bits per heavy atom. The van der Waals surface area contributed by atoms with Crippen molar-refractivity contribution in [3.05, 3.63) is 34.3 Å². The molecular weight excluding hydrogens is 290 g/mol. The van der Waals surface area contributed by atoms with Gasteiger partial charge in [-0.05, 0) is 50.2 Å². The zero-order valence-corrected chi connectivity index (χ0v) is 13.0. The minimum absolute atomic E-state index is 0.330. The van der Waals surface area contributed by atoms with Gasteiger partial charge in [-0.15, -0.1) is 0 Å². The van der Waals surface area contributed by atoms with Crippen molar-refractivity contribution in [2.45, 2.75) is 45.1 Å². The molecule has 0 radical (unpaired) electrons. The highest BCUT2D eigenvalue weighted by Gasteiger charge is 2.42. The zero-order chi connectivity index (χ0) is 15.6. The molecule has 4 nitrogen and oxygen atoms in total. The SMILES string of the molecule is Cc1cccc(C(=O)NC2(C(=O)O)CCC(C)CC2)c1Cl. The van der Waals surface area contributed by atoms with Gasteiger partial charge in [-0.2, -0.15) is 0 Å². The van der Waals surface area contributed by atoms with Crippen LogP contribution in [-0.4, -0.2) is 22.5 Å². The first kappa shape index (κ1) is 15.8. The second-order valence-electron chi connectivity index (χ2n) is 5.96. The summed E-state index contributed by atoms with van der Waals surface area (Å²) in [5.74, 6) is -0.885. The smallest absolute Gasteiger partial charge is 0.329 e. The van der Waals surface area contributed by atoms with Crippen molar-refractivity contribution in [3.8, 4) is 0 Å². The Kier molecular flexibility index (Phi) is 4.57. The number of hydrogen-bond acceptors (Lipinski definition) is 2. The Bertz CT molecular complexity index is 563. The monoisotopic (exact) mass is 309 g/mol. The highest BCUT2D eigenvalue weighted by atomic mass is 35.5. The fourth-order valence-electron chi connectivity index (χ4n) is 2.75. The van der Waals surface area contributed by atoms with Gasteiger partial charge in [-0.3, -0.25) is 4.79 Å². The molecule has 0 aromatic heterocycles. The number of rotatable bonds is 3. The van der Waals surface area contributed by atoms with Crippen LogP contribution in [0.25, 0.3) is 0 Å². The van der Waals surface area contributed by atoms with Crippen molar-refractivity contribution in [1.29, 1.82) is 0 Å². The Morgan fingerprint density at radius 2 is 1.95 bits per heavy atom. The largest absolute Gasteiger partial charge is 0.480 e. The fourth-order valence-corrected chi connectivity index (χ4v) is 2.97. The van der Waals surface area contributed by atoms with Crippen LogP contribution in [-0.2, 0) is 4.79 Å². The molecule has 1 aliphatic carbocycles. The van der Waals surface area contributed by atoms with Crippen LogP contribution in [0.2, 0.25) is 5.02 Å². The summed E-state index contributed by atoms with van der Waals surface area (Å²) in [5, 5.41) is 12.6. The summed E-state index contributed by atoms with van der Waals surface area (Å²) in [6.07, 6.45) is 2.51. The van der Waals surface area contributed by atoms with E-state index in [1.165, 1.54) is 0 Å². The Balaban J connectivity index is 2.23. The van der Waals surface area contributed by atoms with E-state index >= 15 is 0 Å². The summed E-state index contributed by atoms with van der Waals surface area (Å²) in [6.45, 7) is 3.92. The number of nitrogens with one attached hydrogen (secondary N) is 1. The van der Waals surface area contributed by atoms with Gasteiger partial charge in [0.2, 0.25) is 0 Å². The van der Waals surface area contributed by atoms with E-state index < -0.39 is 17.4 Å². The van der Waals surface area contributed by atoms with E-state index in [2.05, 4.69) is 12.2 Å². The lowest BCUT2D eigenvalue weighted by Gasteiger charge is -2.36. The highest BCUT2D eigenvalue weighted by Crippen LogP contribution is 2.33. The molecule has 1 saturated carbocycles. The van der Waals surface area contributed by atoms with Crippen molar-refractivity contribution >= 4 is 23.5 Å². The molecule has 1 aromatic carbocycles. The van der Waals surface area contributed by atoms with Crippen LogP contribution in [0.15, 0.2) is 18.2 Å². The number of amides is 1. The summed E-state index contributed by atoms with van der Waals surface area (Å²) in [7, 11) is 0. The first-order valence-electron chi connectivity index (χ1n) is 7.17. The van der Waals surface area contributed by atoms with E-state index in [9.17, 15) is 14.7 Å². The maximum absolute atomic E-state index is 12.4. The van der Waals surface area contributed by atoms with Crippen LogP contribution in [0.1, 0.15) is 48.5 Å². The van der Waals surface area contributed by atoms with Gasteiger partial charge in [-0.1, -0.05) is 30.7 Å². The summed E-state index contributed by atoms with van der Waals surface area (Å²) >= 11 is 6.15. The molecule has 114 valence electrons. The van der Waals surface area contributed by atoms with Crippen LogP contribution in [0.4, 0.5) is 0 Å². The maximum atomic E-state index is 12.4. The van der Waals surface area contributed by atoms with Crippen molar-refractivity contribution in [2.75, 3.05) is 0 Å². The predicted molar refractivity (Wildman–Crippen MR) is 81.7 cm³/mol. The molecule has 2 N–H and O–H groups in total.